The van der Waals surface area contributed by atoms with Gasteiger partial charge in [-0.05, 0) is 36.8 Å². The van der Waals surface area contributed by atoms with Crippen molar-refractivity contribution in [2.45, 2.75) is 37.6 Å². The zero-order chi connectivity index (χ0) is 19.4. The second-order valence-corrected chi connectivity index (χ2v) is 6.77. The summed E-state index contributed by atoms with van der Waals surface area (Å²) in [4.78, 5) is 49.6. The Hall–Kier alpha value is -2.90. The fraction of sp³-hybridized carbons (Fsp3) is 0.474. The van der Waals surface area contributed by atoms with E-state index in [1.807, 2.05) is 24.3 Å². The number of rotatable bonds is 6. The number of aryl methyl sites for hydroxylation is 1. The molecule has 0 aromatic heterocycles. The molecule has 1 aromatic rings. The summed E-state index contributed by atoms with van der Waals surface area (Å²) < 4.78 is 4.53. The molecule has 0 saturated carbocycles. The number of fused-ring (bicyclic) bond motifs is 2. The summed E-state index contributed by atoms with van der Waals surface area (Å²) in [5.74, 6) is -1.18. The van der Waals surface area contributed by atoms with Crippen LogP contribution in [0.15, 0.2) is 24.3 Å². The van der Waals surface area contributed by atoms with E-state index in [0.29, 0.717) is 12.8 Å². The van der Waals surface area contributed by atoms with Gasteiger partial charge in [0.25, 0.3) is 5.91 Å². The van der Waals surface area contributed by atoms with E-state index in [1.54, 1.807) is 0 Å². The summed E-state index contributed by atoms with van der Waals surface area (Å²) >= 11 is 0. The number of carbonyl (C=O) groups is 4. The number of hydrogen-bond acceptors (Lipinski definition) is 5. The average molecular weight is 373 g/mol. The minimum absolute atomic E-state index is 0.194. The number of methoxy groups -OCH3 is 1. The molecular formula is C19H23N3O5. The van der Waals surface area contributed by atoms with E-state index in [-0.39, 0.29) is 31.4 Å². The van der Waals surface area contributed by atoms with Crippen molar-refractivity contribution in [3.05, 3.63) is 35.4 Å². The van der Waals surface area contributed by atoms with Crippen molar-refractivity contribution < 1.29 is 23.9 Å². The number of ether oxygens (including phenoxy) is 1. The Balaban J connectivity index is 1.64. The Morgan fingerprint density at radius 1 is 1.30 bits per heavy atom. The van der Waals surface area contributed by atoms with Gasteiger partial charge >= 0.3 is 12.0 Å². The van der Waals surface area contributed by atoms with Crippen LogP contribution in [0.4, 0.5) is 4.79 Å². The summed E-state index contributed by atoms with van der Waals surface area (Å²) in [5, 5.41) is 5.44. The number of imide groups is 1. The van der Waals surface area contributed by atoms with Crippen LogP contribution in [0.2, 0.25) is 0 Å². The fourth-order valence-corrected chi connectivity index (χ4v) is 3.72. The normalized spacial score (nSPS) is 21.0. The molecule has 0 unspecified atom stereocenters. The Morgan fingerprint density at radius 2 is 2.07 bits per heavy atom. The first-order valence-electron chi connectivity index (χ1n) is 9.04. The van der Waals surface area contributed by atoms with Crippen molar-refractivity contribution in [1.82, 2.24) is 15.5 Å². The molecule has 0 radical (unpaired) electrons. The molecule has 1 aliphatic heterocycles. The lowest BCUT2D eigenvalue weighted by molar-refractivity contribution is -0.140. The highest BCUT2D eigenvalue weighted by Crippen LogP contribution is 2.39. The highest BCUT2D eigenvalue weighted by Gasteiger charge is 2.54. The van der Waals surface area contributed by atoms with Gasteiger partial charge in [-0.1, -0.05) is 24.3 Å². The minimum Gasteiger partial charge on any atom is -0.469 e. The average Bonchev–Trinajstić information content (AvgIpc) is 2.90. The van der Waals surface area contributed by atoms with Crippen LogP contribution in [-0.4, -0.2) is 48.9 Å². The van der Waals surface area contributed by atoms with E-state index in [9.17, 15) is 19.2 Å². The third kappa shape index (κ3) is 3.65. The Bertz CT molecular complexity index is 778. The molecule has 144 valence electrons. The van der Waals surface area contributed by atoms with E-state index >= 15 is 0 Å². The van der Waals surface area contributed by atoms with Crippen molar-refractivity contribution >= 4 is 23.8 Å². The molecule has 1 saturated heterocycles. The predicted molar refractivity (Wildman–Crippen MR) is 95.6 cm³/mol. The first kappa shape index (κ1) is 18.9. The van der Waals surface area contributed by atoms with Crippen molar-refractivity contribution in [3.8, 4) is 0 Å². The lowest BCUT2D eigenvalue weighted by Crippen LogP contribution is -2.47. The maximum absolute atomic E-state index is 13.1. The van der Waals surface area contributed by atoms with E-state index in [1.165, 1.54) is 7.11 Å². The quantitative estimate of drug-likeness (QED) is 0.437. The van der Waals surface area contributed by atoms with E-state index in [4.69, 9.17) is 0 Å². The Labute approximate surface area is 157 Å². The van der Waals surface area contributed by atoms with Gasteiger partial charge in [0, 0.05) is 13.0 Å². The SMILES string of the molecule is COC(=O)CCCNC(=O)CN1C(=O)N[C@@]2(CCCc3ccccc32)C1=O. The number of urea groups is 1. The zero-order valence-corrected chi connectivity index (χ0v) is 15.2. The maximum Gasteiger partial charge on any atom is 0.325 e. The number of carbonyl (C=O) groups excluding carboxylic acids is 4. The molecule has 1 heterocycles. The standard InChI is InChI=1S/C19H23N3O5/c1-27-16(24)9-5-11-20-15(23)12-22-17(25)19(21-18(22)26)10-4-7-13-6-2-3-8-14(13)19/h2-3,6,8H,4-5,7,9-12H2,1H3,(H,20,23)(H,21,26)/t19-/m1/s1. The molecule has 1 aliphatic carbocycles. The molecule has 4 amide bonds. The third-order valence-corrected chi connectivity index (χ3v) is 5.06. The number of hydrogen-bond donors (Lipinski definition) is 2. The molecule has 1 spiro atoms. The molecule has 1 atom stereocenters. The van der Waals surface area contributed by atoms with E-state index < -0.39 is 17.5 Å². The molecular weight excluding hydrogens is 350 g/mol. The molecule has 3 rings (SSSR count). The molecule has 8 nitrogen and oxygen atoms in total. The summed E-state index contributed by atoms with van der Waals surface area (Å²) in [6.07, 6.45) is 2.79. The second-order valence-electron chi connectivity index (χ2n) is 6.77. The van der Waals surface area contributed by atoms with Gasteiger partial charge in [-0.2, -0.15) is 0 Å². The number of benzene rings is 1. The number of nitrogens with zero attached hydrogens (tertiary/aromatic N) is 1. The van der Waals surface area contributed by atoms with Crippen LogP contribution in [0.25, 0.3) is 0 Å². The third-order valence-electron chi connectivity index (χ3n) is 5.06. The highest BCUT2D eigenvalue weighted by atomic mass is 16.5. The smallest absolute Gasteiger partial charge is 0.325 e. The maximum atomic E-state index is 13.1. The molecule has 2 aliphatic rings. The fourth-order valence-electron chi connectivity index (χ4n) is 3.72. The summed E-state index contributed by atoms with van der Waals surface area (Å²) in [7, 11) is 1.30. The van der Waals surface area contributed by atoms with Crippen LogP contribution < -0.4 is 10.6 Å². The summed E-state index contributed by atoms with van der Waals surface area (Å²) in [6, 6.07) is 7.04. The Kier molecular flexibility index (Phi) is 5.43. The molecule has 1 fully saturated rings. The van der Waals surface area contributed by atoms with E-state index in [2.05, 4.69) is 15.4 Å². The van der Waals surface area contributed by atoms with Crippen LogP contribution in [0.5, 0.6) is 0 Å². The number of esters is 1. The largest absolute Gasteiger partial charge is 0.469 e. The van der Waals surface area contributed by atoms with Crippen molar-refractivity contribution in [2.75, 3.05) is 20.2 Å². The lowest BCUT2D eigenvalue weighted by Gasteiger charge is -2.33. The van der Waals surface area contributed by atoms with Gasteiger partial charge in [0.15, 0.2) is 0 Å². The number of nitrogens with one attached hydrogen (secondary N) is 2. The van der Waals surface area contributed by atoms with Gasteiger partial charge in [-0.15, -0.1) is 0 Å². The summed E-state index contributed by atoms with van der Waals surface area (Å²) in [6.45, 7) is -0.0711. The van der Waals surface area contributed by atoms with Crippen molar-refractivity contribution in [3.63, 3.8) is 0 Å². The summed E-state index contributed by atoms with van der Waals surface area (Å²) in [5.41, 5.74) is 0.791. The monoisotopic (exact) mass is 373 g/mol. The van der Waals surface area contributed by atoms with Gasteiger partial charge in [0.05, 0.1) is 7.11 Å². The van der Waals surface area contributed by atoms with Crippen LogP contribution >= 0.6 is 0 Å². The topological polar surface area (TPSA) is 105 Å². The van der Waals surface area contributed by atoms with Gasteiger partial charge in [0.1, 0.15) is 12.1 Å². The second kappa shape index (κ2) is 7.77. The van der Waals surface area contributed by atoms with Crippen LogP contribution in [0.1, 0.15) is 36.8 Å². The zero-order valence-electron chi connectivity index (χ0n) is 15.2. The first-order valence-corrected chi connectivity index (χ1v) is 9.04. The van der Waals surface area contributed by atoms with Gasteiger partial charge in [-0.25, -0.2) is 4.79 Å². The number of amides is 4. The first-order chi connectivity index (χ1) is 13.0. The van der Waals surface area contributed by atoms with Crippen LogP contribution in [-0.2, 0) is 31.1 Å². The van der Waals surface area contributed by atoms with Gasteiger partial charge in [0.2, 0.25) is 5.91 Å². The highest BCUT2D eigenvalue weighted by molar-refractivity contribution is 6.09. The predicted octanol–water partition coefficient (Wildman–Crippen LogP) is 0.839. The Morgan fingerprint density at radius 3 is 2.85 bits per heavy atom. The minimum atomic E-state index is -1.07. The van der Waals surface area contributed by atoms with Gasteiger partial charge in [-0.3, -0.25) is 19.3 Å². The van der Waals surface area contributed by atoms with E-state index in [0.717, 1.165) is 28.9 Å². The van der Waals surface area contributed by atoms with Crippen LogP contribution in [0, 0.1) is 0 Å². The van der Waals surface area contributed by atoms with Crippen molar-refractivity contribution in [1.29, 1.82) is 0 Å². The van der Waals surface area contributed by atoms with Crippen molar-refractivity contribution in [2.24, 2.45) is 0 Å². The molecule has 1 aromatic carbocycles. The van der Waals surface area contributed by atoms with Crippen LogP contribution in [0.3, 0.4) is 0 Å². The molecule has 2 N–H and O–H groups in total. The molecule has 27 heavy (non-hydrogen) atoms. The molecule has 0 bridgehead atoms. The molecule has 8 heteroatoms. The lowest BCUT2D eigenvalue weighted by atomic mass is 9.76. The van der Waals surface area contributed by atoms with Gasteiger partial charge < -0.3 is 15.4 Å².